The number of amides is 1. The summed E-state index contributed by atoms with van der Waals surface area (Å²) in [5.41, 5.74) is 0. The Labute approximate surface area is 153 Å². The maximum atomic E-state index is 13.9. The molecule has 1 heterocycles. The second kappa shape index (κ2) is 8.73. The molecule has 1 atom stereocenters. The van der Waals surface area contributed by atoms with E-state index in [2.05, 4.69) is 5.32 Å². The van der Waals surface area contributed by atoms with Gasteiger partial charge in [0.25, 0.3) is 0 Å². The van der Waals surface area contributed by atoms with E-state index in [4.69, 9.17) is 0 Å². The molecule has 0 aromatic heterocycles. The number of sulfonamides is 1. The van der Waals surface area contributed by atoms with Crippen LogP contribution in [-0.4, -0.2) is 43.5 Å². The van der Waals surface area contributed by atoms with Crippen molar-refractivity contribution in [3.63, 3.8) is 0 Å². The van der Waals surface area contributed by atoms with Crippen LogP contribution in [0.2, 0.25) is 0 Å². The highest BCUT2D eigenvalue weighted by atomic mass is 32.2. The number of halogens is 1. The molecule has 0 saturated carbocycles. The minimum atomic E-state index is -4.10. The van der Waals surface area contributed by atoms with Crippen molar-refractivity contribution in [2.45, 2.75) is 50.5 Å². The molecule has 1 amide bonds. The van der Waals surface area contributed by atoms with Crippen LogP contribution in [-0.2, 0) is 19.6 Å². The molecule has 1 unspecified atom stereocenters. The highest BCUT2D eigenvalue weighted by Crippen LogP contribution is 2.21. The maximum absolute atomic E-state index is 13.9. The van der Waals surface area contributed by atoms with E-state index in [0.29, 0.717) is 25.2 Å². The molecular weight excluding hydrogens is 359 g/mol. The van der Waals surface area contributed by atoms with Crippen molar-refractivity contribution in [3.8, 4) is 0 Å². The molecule has 0 aliphatic carbocycles. The van der Waals surface area contributed by atoms with Crippen molar-refractivity contribution < 1.29 is 22.4 Å². The zero-order valence-electron chi connectivity index (χ0n) is 15.1. The molecule has 1 aromatic rings. The van der Waals surface area contributed by atoms with Gasteiger partial charge < -0.3 is 5.32 Å². The van der Waals surface area contributed by atoms with E-state index in [1.165, 1.54) is 18.2 Å². The van der Waals surface area contributed by atoms with E-state index < -0.39 is 26.8 Å². The van der Waals surface area contributed by atoms with Gasteiger partial charge in [0.15, 0.2) is 5.78 Å². The first-order valence-corrected chi connectivity index (χ1v) is 10.2. The van der Waals surface area contributed by atoms with Crippen LogP contribution in [0.5, 0.6) is 0 Å². The van der Waals surface area contributed by atoms with E-state index in [9.17, 15) is 22.4 Å². The largest absolute Gasteiger partial charge is 0.346 e. The van der Waals surface area contributed by atoms with Crippen LogP contribution < -0.4 is 5.32 Å². The molecule has 1 fully saturated rings. The quantitative estimate of drug-likeness (QED) is 0.814. The summed E-state index contributed by atoms with van der Waals surface area (Å²) < 4.78 is 40.2. The molecule has 2 rings (SSSR count). The van der Waals surface area contributed by atoms with Gasteiger partial charge in [-0.15, -0.1) is 0 Å². The van der Waals surface area contributed by atoms with Gasteiger partial charge in [-0.2, -0.15) is 4.31 Å². The SMILES string of the molecule is CC(C)CCC(=O)NC1CCCN(S(=O)(=O)c2ccccc2F)CC1=O. The summed E-state index contributed by atoms with van der Waals surface area (Å²) in [5, 5.41) is 2.70. The molecule has 1 N–H and O–H groups in total. The van der Waals surface area contributed by atoms with Gasteiger partial charge in [-0.3, -0.25) is 9.59 Å². The number of benzene rings is 1. The maximum Gasteiger partial charge on any atom is 0.246 e. The number of hydrogen-bond donors (Lipinski definition) is 1. The molecule has 0 radical (unpaired) electrons. The van der Waals surface area contributed by atoms with E-state index in [1.54, 1.807) is 0 Å². The number of hydrogen-bond acceptors (Lipinski definition) is 4. The summed E-state index contributed by atoms with van der Waals surface area (Å²) in [6.45, 7) is 3.76. The Balaban J connectivity index is 2.07. The Morgan fingerprint density at radius 3 is 2.69 bits per heavy atom. The van der Waals surface area contributed by atoms with Crippen molar-refractivity contribution in [2.75, 3.05) is 13.1 Å². The van der Waals surface area contributed by atoms with Crippen LogP contribution in [0.15, 0.2) is 29.2 Å². The lowest BCUT2D eigenvalue weighted by Gasteiger charge is -2.20. The molecular formula is C18H25FN2O4S. The van der Waals surface area contributed by atoms with E-state index in [-0.39, 0.29) is 24.8 Å². The summed E-state index contributed by atoms with van der Waals surface area (Å²) in [4.78, 5) is 24.0. The van der Waals surface area contributed by atoms with Gasteiger partial charge in [-0.1, -0.05) is 26.0 Å². The van der Waals surface area contributed by atoms with Crippen LogP contribution in [0.25, 0.3) is 0 Å². The highest BCUT2D eigenvalue weighted by molar-refractivity contribution is 7.89. The minimum absolute atomic E-state index is 0.112. The number of ketones is 1. The standard InChI is InChI=1S/C18H25FN2O4S/c1-13(2)9-10-18(23)20-15-7-5-11-21(12-16(15)22)26(24,25)17-8-4-3-6-14(17)19/h3-4,6,8,13,15H,5,7,9-12H2,1-2H3,(H,20,23). The first-order valence-electron chi connectivity index (χ1n) is 8.78. The van der Waals surface area contributed by atoms with Crippen molar-refractivity contribution in [1.29, 1.82) is 0 Å². The van der Waals surface area contributed by atoms with Gasteiger partial charge in [-0.25, -0.2) is 12.8 Å². The van der Waals surface area contributed by atoms with Gasteiger partial charge in [0.2, 0.25) is 15.9 Å². The smallest absolute Gasteiger partial charge is 0.246 e. The second-order valence-electron chi connectivity index (χ2n) is 6.93. The monoisotopic (exact) mass is 384 g/mol. The second-order valence-corrected chi connectivity index (χ2v) is 8.84. The van der Waals surface area contributed by atoms with E-state index in [1.807, 2.05) is 13.8 Å². The van der Waals surface area contributed by atoms with Crippen LogP contribution >= 0.6 is 0 Å². The van der Waals surface area contributed by atoms with Crippen molar-refractivity contribution >= 4 is 21.7 Å². The number of carbonyl (C=O) groups excluding carboxylic acids is 2. The number of nitrogens with zero attached hydrogens (tertiary/aromatic N) is 1. The van der Waals surface area contributed by atoms with Crippen molar-refractivity contribution in [1.82, 2.24) is 9.62 Å². The molecule has 0 bridgehead atoms. The molecule has 1 aromatic carbocycles. The zero-order valence-corrected chi connectivity index (χ0v) is 15.9. The van der Waals surface area contributed by atoms with Crippen molar-refractivity contribution in [3.05, 3.63) is 30.1 Å². The lowest BCUT2D eigenvalue weighted by atomic mass is 10.1. The predicted molar refractivity (Wildman–Crippen MR) is 95.4 cm³/mol. The Morgan fingerprint density at radius 2 is 2.04 bits per heavy atom. The Kier molecular flexibility index (Phi) is 6.88. The zero-order chi connectivity index (χ0) is 19.3. The summed E-state index contributed by atoms with van der Waals surface area (Å²) in [6, 6.07) is 4.41. The fraction of sp³-hybridized carbons (Fsp3) is 0.556. The van der Waals surface area contributed by atoms with Crippen LogP contribution in [0.1, 0.15) is 39.5 Å². The number of rotatable bonds is 6. The van der Waals surface area contributed by atoms with Gasteiger partial charge >= 0.3 is 0 Å². The fourth-order valence-corrected chi connectivity index (χ4v) is 4.34. The summed E-state index contributed by atoms with van der Waals surface area (Å²) >= 11 is 0. The summed E-state index contributed by atoms with van der Waals surface area (Å²) in [7, 11) is -4.10. The Bertz CT molecular complexity index is 764. The van der Waals surface area contributed by atoms with Gasteiger partial charge in [0.05, 0.1) is 12.6 Å². The molecule has 6 nitrogen and oxygen atoms in total. The first kappa shape index (κ1) is 20.5. The molecule has 0 spiro atoms. The number of Topliss-reactive ketones (excluding diaryl/α,β-unsaturated/α-hetero) is 1. The first-order chi connectivity index (χ1) is 12.2. The van der Waals surface area contributed by atoms with Crippen LogP contribution in [0.3, 0.4) is 0 Å². The third-order valence-corrected chi connectivity index (χ3v) is 6.24. The third-order valence-electron chi connectivity index (χ3n) is 4.36. The molecule has 1 saturated heterocycles. The van der Waals surface area contributed by atoms with Gasteiger partial charge in [-0.05, 0) is 37.3 Å². The predicted octanol–water partition coefficient (Wildman–Crippen LogP) is 2.10. The normalized spacial score (nSPS) is 19.4. The number of carbonyl (C=O) groups is 2. The molecule has 144 valence electrons. The summed E-state index contributed by atoms with van der Waals surface area (Å²) in [6.07, 6.45) is 1.84. The highest BCUT2D eigenvalue weighted by Gasteiger charge is 2.34. The molecule has 1 aliphatic heterocycles. The average Bonchev–Trinajstić information content (AvgIpc) is 2.76. The van der Waals surface area contributed by atoms with Crippen LogP contribution in [0.4, 0.5) is 4.39 Å². The third kappa shape index (κ3) is 5.11. The molecule has 8 heteroatoms. The lowest BCUT2D eigenvalue weighted by molar-refractivity contribution is -0.127. The van der Waals surface area contributed by atoms with Crippen LogP contribution in [0, 0.1) is 11.7 Å². The van der Waals surface area contributed by atoms with E-state index in [0.717, 1.165) is 16.8 Å². The average molecular weight is 384 g/mol. The number of nitrogens with one attached hydrogen (secondary N) is 1. The lowest BCUT2D eigenvalue weighted by Crippen LogP contribution is -2.44. The van der Waals surface area contributed by atoms with Gasteiger partial charge in [0.1, 0.15) is 10.7 Å². The Morgan fingerprint density at radius 1 is 1.35 bits per heavy atom. The molecule has 1 aliphatic rings. The van der Waals surface area contributed by atoms with E-state index >= 15 is 0 Å². The molecule has 26 heavy (non-hydrogen) atoms. The van der Waals surface area contributed by atoms with Gasteiger partial charge in [0, 0.05) is 13.0 Å². The summed E-state index contributed by atoms with van der Waals surface area (Å²) in [5.74, 6) is -1.04. The Hall–Kier alpha value is -1.80. The minimum Gasteiger partial charge on any atom is -0.346 e. The van der Waals surface area contributed by atoms with Crippen molar-refractivity contribution in [2.24, 2.45) is 5.92 Å². The fourth-order valence-electron chi connectivity index (χ4n) is 2.83. The topological polar surface area (TPSA) is 83.6 Å².